The second-order valence-electron chi connectivity index (χ2n) is 7.65. The van der Waals surface area contributed by atoms with Crippen LogP contribution in [0.4, 0.5) is 5.82 Å². The van der Waals surface area contributed by atoms with E-state index in [1.54, 1.807) is 11.6 Å². The molecular weight excluding hydrogens is 450 g/mol. The first-order valence-electron chi connectivity index (χ1n) is 10.2. The molecule has 1 unspecified atom stereocenters. The van der Waals surface area contributed by atoms with Crippen molar-refractivity contribution in [2.24, 2.45) is 7.05 Å². The van der Waals surface area contributed by atoms with Crippen molar-refractivity contribution in [1.82, 2.24) is 9.55 Å². The zero-order valence-electron chi connectivity index (χ0n) is 17.3. The lowest BCUT2D eigenvalue weighted by Crippen LogP contribution is -2.33. The molecule has 2 aromatic carbocycles. The number of halogens is 1. The molecule has 0 bridgehead atoms. The number of thioether (sulfide) groups is 1. The molecule has 3 aromatic rings. The van der Waals surface area contributed by atoms with Crippen LogP contribution in [0.3, 0.4) is 0 Å². The number of amides is 1. The standard InChI is InChI=1S/C23H20ClN3O4S/c1-27-21-20(22(29)26-23(27)32-12-13-3-2-4-15(24)9-13)16(11-19(28)25-21)14-5-6-17-18(10-14)31-8-7-30-17/h2-6,9-10,16H,7-8,11-12H2,1H3,(H,25,28). The van der Waals surface area contributed by atoms with Gasteiger partial charge in [0, 0.05) is 30.2 Å². The van der Waals surface area contributed by atoms with Gasteiger partial charge in [-0.25, -0.2) is 0 Å². The van der Waals surface area contributed by atoms with Crippen LogP contribution in [0.1, 0.15) is 29.0 Å². The molecular formula is C23H20ClN3O4S. The molecule has 1 N–H and O–H groups in total. The molecule has 5 rings (SSSR count). The maximum Gasteiger partial charge on any atom is 0.279 e. The minimum Gasteiger partial charge on any atom is -0.486 e. The Morgan fingerprint density at radius 3 is 2.78 bits per heavy atom. The molecule has 32 heavy (non-hydrogen) atoms. The second-order valence-corrected chi connectivity index (χ2v) is 9.03. The largest absolute Gasteiger partial charge is 0.486 e. The topological polar surface area (TPSA) is 82.5 Å². The highest BCUT2D eigenvalue weighted by molar-refractivity contribution is 7.98. The van der Waals surface area contributed by atoms with Crippen molar-refractivity contribution in [3.05, 3.63) is 74.5 Å². The van der Waals surface area contributed by atoms with Gasteiger partial charge < -0.3 is 19.4 Å². The first kappa shape index (κ1) is 20.9. The summed E-state index contributed by atoms with van der Waals surface area (Å²) in [5.41, 5.74) is 1.98. The molecule has 0 radical (unpaired) electrons. The lowest BCUT2D eigenvalue weighted by Gasteiger charge is -2.28. The van der Waals surface area contributed by atoms with E-state index in [9.17, 15) is 9.59 Å². The molecule has 1 aromatic heterocycles. The summed E-state index contributed by atoms with van der Waals surface area (Å²) in [6.07, 6.45) is 0.165. The van der Waals surface area contributed by atoms with Gasteiger partial charge in [-0.15, -0.1) is 0 Å². The van der Waals surface area contributed by atoms with Crippen molar-refractivity contribution in [1.29, 1.82) is 0 Å². The number of carbonyl (C=O) groups excluding carboxylic acids is 1. The predicted molar refractivity (Wildman–Crippen MR) is 123 cm³/mol. The number of benzene rings is 2. The quantitative estimate of drug-likeness (QED) is 0.460. The number of anilines is 1. The van der Waals surface area contributed by atoms with Gasteiger partial charge in [-0.1, -0.05) is 41.6 Å². The molecule has 2 aliphatic rings. The second kappa shape index (κ2) is 8.52. The summed E-state index contributed by atoms with van der Waals surface area (Å²) in [7, 11) is 1.80. The number of aromatic nitrogens is 2. The summed E-state index contributed by atoms with van der Waals surface area (Å²) in [6, 6.07) is 13.1. The molecule has 2 aliphatic heterocycles. The number of rotatable bonds is 4. The van der Waals surface area contributed by atoms with Gasteiger partial charge in [0.05, 0.1) is 5.56 Å². The Morgan fingerprint density at radius 2 is 1.97 bits per heavy atom. The fourth-order valence-electron chi connectivity index (χ4n) is 4.00. The first-order chi connectivity index (χ1) is 15.5. The van der Waals surface area contributed by atoms with Crippen LogP contribution in [0.5, 0.6) is 11.5 Å². The van der Waals surface area contributed by atoms with E-state index >= 15 is 0 Å². The monoisotopic (exact) mass is 469 g/mol. The summed E-state index contributed by atoms with van der Waals surface area (Å²) in [5, 5.41) is 4.05. The first-order valence-corrected chi connectivity index (χ1v) is 11.5. The predicted octanol–water partition coefficient (Wildman–Crippen LogP) is 3.97. The summed E-state index contributed by atoms with van der Waals surface area (Å²) < 4.78 is 13.1. The third-order valence-electron chi connectivity index (χ3n) is 5.53. The summed E-state index contributed by atoms with van der Waals surface area (Å²) in [5.74, 6) is 1.81. The lowest BCUT2D eigenvalue weighted by atomic mass is 9.86. The number of hydrogen-bond donors (Lipinski definition) is 1. The third kappa shape index (κ3) is 3.96. The van der Waals surface area contributed by atoms with E-state index < -0.39 is 5.92 Å². The van der Waals surface area contributed by atoms with E-state index in [0.29, 0.717) is 52.0 Å². The minimum absolute atomic E-state index is 0.149. The highest BCUT2D eigenvalue weighted by Gasteiger charge is 2.33. The highest BCUT2D eigenvalue weighted by atomic mass is 35.5. The van der Waals surface area contributed by atoms with Gasteiger partial charge in [0.2, 0.25) is 5.91 Å². The average Bonchev–Trinajstić information content (AvgIpc) is 2.79. The van der Waals surface area contributed by atoms with Crippen LogP contribution in [0.25, 0.3) is 0 Å². The van der Waals surface area contributed by atoms with Gasteiger partial charge in [-0.2, -0.15) is 4.98 Å². The zero-order valence-corrected chi connectivity index (χ0v) is 18.8. The number of fused-ring (bicyclic) bond motifs is 2. The van der Waals surface area contributed by atoms with Gasteiger partial charge in [0.25, 0.3) is 5.56 Å². The van der Waals surface area contributed by atoms with Crippen LogP contribution < -0.4 is 20.3 Å². The number of nitrogens with zero attached hydrogens (tertiary/aromatic N) is 2. The smallest absolute Gasteiger partial charge is 0.279 e. The molecule has 0 fully saturated rings. The Hall–Kier alpha value is -2.97. The number of hydrogen-bond acceptors (Lipinski definition) is 6. The molecule has 9 heteroatoms. The SMILES string of the molecule is Cn1c(SCc2cccc(Cl)c2)nc(=O)c2c1NC(=O)CC2c1ccc2c(c1)OCCO2. The van der Waals surface area contributed by atoms with Gasteiger partial charge in [-0.3, -0.25) is 9.59 Å². The summed E-state index contributed by atoms with van der Waals surface area (Å²) >= 11 is 7.49. The molecule has 3 heterocycles. The Labute approximate surface area is 193 Å². The fourth-order valence-corrected chi connectivity index (χ4v) is 5.12. The Kier molecular flexibility index (Phi) is 5.57. The maximum absolute atomic E-state index is 13.1. The number of carbonyl (C=O) groups is 1. The van der Waals surface area contributed by atoms with Crippen molar-refractivity contribution < 1.29 is 14.3 Å². The van der Waals surface area contributed by atoms with Crippen LogP contribution in [0.2, 0.25) is 5.02 Å². The van der Waals surface area contributed by atoms with E-state index in [2.05, 4.69) is 10.3 Å². The van der Waals surface area contributed by atoms with Crippen LogP contribution in [0.15, 0.2) is 52.4 Å². The van der Waals surface area contributed by atoms with Crippen molar-refractivity contribution in [3.8, 4) is 11.5 Å². The minimum atomic E-state index is -0.409. The van der Waals surface area contributed by atoms with Gasteiger partial charge >= 0.3 is 0 Å². The van der Waals surface area contributed by atoms with E-state index in [1.165, 1.54) is 11.8 Å². The number of ether oxygens (including phenoxy) is 2. The molecule has 164 valence electrons. The van der Waals surface area contributed by atoms with Crippen molar-refractivity contribution >= 4 is 35.1 Å². The van der Waals surface area contributed by atoms with Crippen molar-refractivity contribution in [3.63, 3.8) is 0 Å². The van der Waals surface area contributed by atoms with Crippen LogP contribution in [0, 0.1) is 0 Å². The summed E-state index contributed by atoms with van der Waals surface area (Å²) in [4.78, 5) is 30.0. The Bertz CT molecular complexity index is 1280. The maximum atomic E-state index is 13.1. The molecule has 0 spiro atoms. The highest BCUT2D eigenvalue weighted by Crippen LogP contribution is 2.40. The van der Waals surface area contributed by atoms with Crippen LogP contribution in [-0.4, -0.2) is 28.7 Å². The molecule has 0 saturated heterocycles. The normalized spacial score (nSPS) is 16.9. The molecule has 0 aliphatic carbocycles. The van der Waals surface area contributed by atoms with Gasteiger partial charge in [0.15, 0.2) is 16.7 Å². The third-order valence-corrected chi connectivity index (χ3v) is 6.86. The Balaban J connectivity index is 1.51. The molecule has 0 saturated carbocycles. The van der Waals surface area contributed by atoms with Crippen LogP contribution >= 0.6 is 23.4 Å². The lowest BCUT2D eigenvalue weighted by molar-refractivity contribution is -0.116. The number of nitrogens with one attached hydrogen (secondary N) is 1. The zero-order chi connectivity index (χ0) is 22.2. The Morgan fingerprint density at radius 1 is 1.16 bits per heavy atom. The molecule has 1 atom stereocenters. The average molecular weight is 470 g/mol. The van der Waals surface area contributed by atoms with E-state index in [4.69, 9.17) is 21.1 Å². The molecule has 1 amide bonds. The fraction of sp³-hybridized carbons (Fsp3) is 0.261. The van der Waals surface area contributed by atoms with Crippen LogP contribution in [-0.2, 0) is 17.6 Å². The van der Waals surface area contributed by atoms with Crippen molar-refractivity contribution in [2.45, 2.75) is 23.2 Å². The van der Waals surface area contributed by atoms with Crippen molar-refractivity contribution in [2.75, 3.05) is 18.5 Å². The van der Waals surface area contributed by atoms with E-state index in [1.807, 2.05) is 42.5 Å². The van der Waals surface area contributed by atoms with E-state index in [-0.39, 0.29) is 17.9 Å². The van der Waals surface area contributed by atoms with E-state index in [0.717, 1.165) is 11.1 Å². The molecule has 7 nitrogen and oxygen atoms in total. The van der Waals surface area contributed by atoms with Gasteiger partial charge in [0.1, 0.15) is 19.0 Å². The summed E-state index contributed by atoms with van der Waals surface area (Å²) in [6.45, 7) is 0.968. The van der Waals surface area contributed by atoms with Gasteiger partial charge in [-0.05, 0) is 35.4 Å².